The van der Waals surface area contributed by atoms with Crippen molar-refractivity contribution in [1.82, 2.24) is 4.72 Å². The van der Waals surface area contributed by atoms with E-state index in [0.29, 0.717) is 6.61 Å². The first-order valence-corrected chi connectivity index (χ1v) is 3.91. The Morgan fingerprint density at radius 1 is 1.50 bits per heavy atom. The Balaban J connectivity index is 2.58. The maximum Gasteiger partial charge on any atom is 0.215 e. The Morgan fingerprint density at radius 3 is 2.50 bits per heavy atom. The van der Waals surface area contributed by atoms with Crippen LogP contribution in [0.4, 0.5) is 0 Å². The van der Waals surface area contributed by atoms with Gasteiger partial charge in [-0.15, -0.1) is 0 Å². The Hall–Kier alpha value is -0.130. The number of sulfonamides is 1. The highest BCUT2D eigenvalue weighted by atomic mass is 32.2. The van der Waals surface area contributed by atoms with Crippen molar-refractivity contribution in [3.8, 4) is 0 Å². The average molecular weight is 137 g/mol. The van der Waals surface area contributed by atoms with Crippen molar-refractivity contribution < 1.29 is 13.2 Å². The van der Waals surface area contributed by atoms with Gasteiger partial charge in [0.15, 0.2) is 0 Å². The van der Waals surface area contributed by atoms with E-state index in [4.69, 9.17) is 4.74 Å². The summed E-state index contributed by atoms with van der Waals surface area (Å²) in [5.41, 5.74) is 0. The van der Waals surface area contributed by atoms with Crippen LogP contribution in [0.2, 0.25) is 0 Å². The lowest BCUT2D eigenvalue weighted by Gasteiger charge is -2.11. The summed E-state index contributed by atoms with van der Waals surface area (Å²) in [6, 6.07) is 0. The van der Waals surface area contributed by atoms with Crippen LogP contribution in [0.15, 0.2) is 0 Å². The summed E-state index contributed by atoms with van der Waals surface area (Å²) in [5, 5.41) is 0. The van der Waals surface area contributed by atoms with Crippen LogP contribution in [0, 0.1) is 0 Å². The molecular weight excluding hydrogens is 130 g/mol. The van der Waals surface area contributed by atoms with Gasteiger partial charge in [-0.05, 0) is 0 Å². The van der Waals surface area contributed by atoms with E-state index in [1.54, 1.807) is 0 Å². The second-order valence-corrected chi connectivity index (χ2v) is 3.44. The second kappa shape index (κ2) is 2.00. The van der Waals surface area contributed by atoms with E-state index in [1.807, 2.05) is 0 Å². The van der Waals surface area contributed by atoms with Crippen molar-refractivity contribution in [3.05, 3.63) is 0 Å². The highest BCUT2D eigenvalue weighted by Crippen LogP contribution is 1.90. The molecule has 0 aromatic carbocycles. The van der Waals surface area contributed by atoms with E-state index in [9.17, 15) is 8.42 Å². The van der Waals surface area contributed by atoms with Crippen LogP contribution in [0.3, 0.4) is 0 Å². The van der Waals surface area contributed by atoms with Gasteiger partial charge in [0.1, 0.15) is 6.73 Å². The van der Waals surface area contributed by atoms with Crippen LogP contribution in [0.25, 0.3) is 0 Å². The molecule has 0 radical (unpaired) electrons. The minimum atomic E-state index is -2.96. The van der Waals surface area contributed by atoms with Crippen molar-refractivity contribution in [3.63, 3.8) is 0 Å². The predicted molar refractivity (Wildman–Crippen MR) is 27.7 cm³/mol. The number of rotatable bonds is 0. The summed E-state index contributed by atoms with van der Waals surface area (Å²) < 4.78 is 27.8. The summed E-state index contributed by atoms with van der Waals surface area (Å²) in [6.45, 7) is 0.442. The van der Waals surface area contributed by atoms with Crippen molar-refractivity contribution in [1.29, 1.82) is 0 Å². The molecule has 0 aromatic heterocycles. The van der Waals surface area contributed by atoms with Gasteiger partial charge in [-0.25, -0.2) is 8.42 Å². The highest BCUT2D eigenvalue weighted by Gasteiger charge is 2.13. The lowest BCUT2D eigenvalue weighted by Crippen LogP contribution is -2.36. The van der Waals surface area contributed by atoms with Gasteiger partial charge in [-0.1, -0.05) is 0 Å². The molecule has 8 heavy (non-hydrogen) atoms. The SMILES string of the molecule is O=S1(=O)CCOCN1. The van der Waals surface area contributed by atoms with Crippen molar-refractivity contribution in [2.24, 2.45) is 0 Å². The minimum absolute atomic E-state index is 0.0903. The van der Waals surface area contributed by atoms with E-state index in [2.05, 4.69) is 4.72 Å². The zero-order chi connectivity index (χ0) is 6.04. The van der Waals surface area contributed by atoms with Crippen LogP contribution in [-0.2, 0) is 14.8 Å². The molecule has 0 spiro atoms. The van der Waals surface area contributed by atoms with Crippen LogP contribution in [0.1, 0.15) is 0 Å². The maximum atomic E-state index is 10.5. The Labute approximate surface area is 47.9 Å². The van der Waals surface area contributed by atoms with Gasteiger partial charge < -0.3 is 4.74 Å². The smallest absolute Gasteiger partial charge is 0.215 e. The highest BCUT2D eigenvalue weighted by molar-refractivity contribution is 7.89. The first kappa shape index (κ1) is 6.00. The van der Waals surface area contributed by atoms with E-state index in [1.165, 1.54) is 0 Å². The lowest BCUT2D eigenvalue weighted by atomic mass is 10.9. The quantitative estimate of drug-likeness (QED) is 0.460. The third-order valence-corrected chi connectivity index (χ3v) is 2.14. The fourth-order valence-electron chi connectivity index (χ4n) is 0.444. The monoisotopic (exact) mass is 137 g/mol. The zero-order valence-electron chi connectivity index (χ0n) is 4.25. The standard InChI is InChI=1S/C3H7NO3S/c5-8(6)2-1-7-3-4-8/h4H,1-3H2. The third-order valence-electron chi connectivity index (χ3n) is 0.877. The molecule has 1 saturated heterocycles. The van der Waals surface area contributed by atoms with Gasteiger partial charge in [0.25, 0.3) is 0 Å². The van der Waals surface area contributed by atoms with Gasteiger partial charge in [0.2, 0.25) is 10.0 Å². The summed E-state index contributed by atoms with van der Waals surface area (Å²) in [7, 11) is -2.96. The molecule has 5 heteroatoms. The van der Waals surface area contributed by atoms with Gasteiger partial charge in [0.05, 0.1) is 12.4 Å². The molecule has 0 bridgehead atoms. The molecule has 0 atom stereocenters. The molecule has 1 aliphatic rings. The molecule has 0 unspecified atom stereocenters. The topological polar surface area (TPSA) is 55.4 Å². The van der Waals surface area contributed by atoms with Gasteiger partial charge in [0, 0.05) is 0 Å². The largest absolute Gasteiger partial charge is 0.364 e. The molecule has 1 fully saturated rings. The summed E-state index contributed by atoms with van der Waals surface area (Å²) in [4.78, 5) is 0. The predicted octanol–water partition coefficient (Wildman–Crippen LogP) is -1.11. The normalized spacial score (nSPS) is 27.5. The molecular formula is C3H7NO3S. The maximum absolute atomic E-state index is 10.5. The fraction of sp³-hybridized carbons (Fsp3) is 1.00. The molecule has 0 amide bonds. The molecule has 0 aromatic rings. The van der Waals surface area contributed by atoms with Gasteiger partial charge >= 0.3 is 0 Å². The molecule has 0 saturated carbocycles. The number of nitrogens with one attached hydrogen (secondary N) is 1. The first-order valence-electron chi connectivity index (χ1n) is 2.26. The number of hydrogen-bond donors (Lipinski definition) is 1. The molecule has 0 aliphatic carbocycles. The van der Waals surface area contributed by atoms with E-state index in [0.717, 1.165) is 0 Å². The van der Waals surface area contributed by atoms with Crippen LogP contribution < -0.4 is 4.72 Å². The van der Waals surface area contributed by atoms with Crippen LogP contribution >= 0.6 is 0 Å². The Morgan fingerprint density at radius 2 is 2.25 bits per heavy atom. The third kappa shape index (κ3) is 1.43. The van der Waals surface area contributed by atoms with Crippen LogP contribution in [-0.4, -0.2) is 27.5 Å². The molecule has 1 aliphatic heterocycles. The molecule has 1 heterocycles. The van der Waals surface area contributed by atoms with E-state index < -0.39 is 10.0 Å². The van der Waals surface area contributed by atoms with Crippen LogP contribution in [0.5, 0.6) is 0 Å². The van der Waals surface area contributed by atoms with E-state index >= 15 is 0 Å². The molecule has 4 nitrogen and oxygen atoms in total. The fourth-order valence-corrected chi connectivity index (χ4v) is 1.19. The minimum Gasteiger partial charge on any atom is -0.364 e. The molecule has 1 rings (SSSR count). The summed E-state index contributed by atoms with van der Waals surface area (Å²) in [6.07, 6.45) is 0. The number of ether oxygens (including phenoxy) is 1. The average Bonchev–Trinajstić information content (AvgIpc) is 1.65. The van der Waals surface area contributed by atoms with E-state index in [-0.39, 0.29) is 12.5 Å². The Bertz CT molecular complexity index is 149. The molecule has 1 N–H and O–H groups in total. The number of hydrogen-bond acceptors (Lipinski definition) is 3. The summed E-state index contributed by atoms with van der Waals surface area (Å²) >= 11 is 0. The second-order valence-electron chi connectivity index (χ2n) is 1.52. The van der Waals surface area contributed by atoms with Gasteiger partial charge in [-0.2, -0.15) is 4.72 Å². The van der Waals surface area contributed by atoms with Gasteiger partial charge in [-0.3, -0.25) is 0 Å². The van der Waals surface area contributed by atoms with Crippen molar-refractivity contribution >= 4 is 10.0 Å². The molecule has 48 valence electrons. The first-order chi connectivity index (χ1) is 3.71. The van der Waals surface area contributed by atoms with Crippen molar-refractivity contribution in [2.45, 2.75) is 0 Å². The zero-order valence-corrected chi connectivity index (χ0v) is 5.07. The summed E-state index contributed by atoms with van der Waals surface area (Å²) in [5.74, 6) is 0.0903. The lowest BCUT2D eigenvalue weighted by molar-refractivity contribution is 0.134. The Kier molecular flexibility index (Phi) is 1.50. The van der Waals surface area contributed by atoms with Crippen molar-refractivity contribution in [2.75, 3.05) is 19.1 Å².